The molecule has 1 N–H and O–H groups in total. The number of aliphatic carboxylic acids is 1. The summed E-state index contributed by atoms with van der Waals surface area (Å²) in [6, 6.07) is 13.9. The zero-order chi connectivity index (χ0) is 18.7. The second-order valence-electron chi connectivity index (χ2n) is 6.57. The van der Waals surface area contributed by atoms with Crippen LogP contribution in [0.5, 0.6) is 0 Å². The van der Waals surface area contributed by atoms with Crippen LogP contribution in [-0.2, 0) is 22.4 Å². The zero-order valence-electron chi connectivity index (χ0n) is 14.1. The third-order valence-electron chi connectivity index (χ3n) is 4.84. The SMILES string of the molecule is O=C(O)[C@@H]1CN(C(=O)Cc2c(F)cccc2Cl)C[C@H]1Cc1ccccc1. The first-order valence-corrected chi connectivity index (χ1v) is 8.81. The van der Waals surface area contributed by atoms with E-state index in [-0.39, 0.29) is 35.4 Å². The summed E-state index contributed by atoms with van der Waals surface area (Å²) in [4.78, 5) is 25.7. The van der Waals surface area contributed by atoms with Crippen LogP contribution >= 0.6 is 11.6 Å². The molecule has 2 aromatic rings. The maximum atomic E-state index is 13.9. The van der Waals surface area contributed by atoms with Crippen LogP contribution in [0.15, 0.2) is 48.5 Å². The van der Waals surface area contributed by atoms with Crippen molar-refractivity contribution in [1.82, 2.24) is 4.90 Å². The first-order valence-electron chi connectivity index (χ1n) is 8.43. The second kappa shape index (κ2) is 7.87. The molecule has 1 aliphatic heterocycles. The van der Waals surface area contributed by atoms with Crippen LogP contribution in [0.25, 0.3) is 0 Å². The van der Waals surface area contributed by atoms with Gasteiger partial charge in [-0.2, -0.15) is 0 Å². The zero-order valence-corrected chi connectivity index (χ0v) is 14.8. The maximum absolute atomic E-state index is 13.9. The Bertz CT molecular complexity index is 792. The summed E-state index contributed by atoms with van der Waals surface area (Å²) in [6.45, 7) is 0.481. The predicted octanol–water partition coefficient (Wildman–Crippen LogP) is 3.42. The van der Waals surface area contributed by atoms with Crippen molar-refractivity contribution in [3.05, 3.63) is 70.5 Å². The van der Waals surface area contributed by atoms with Gasteiger partial charge < -0.3 is 10.0 Å². The number of carboxylic acids is 1. The molecule has 2 atom stereocenters. The molecule has 0 radical (unpaired) electrons. The fourth-order valence-corrected chi connectivity index (χ4v) is 3.67. The molecule has 0 saturated carbocycles. The first-order chi connectivity index (χ1) is 12.5. The Labute approximate surface area is 156 Å². The number of carbonyl (C=O) groups excluding carboxylic acids is 1. The largest absolute Gasteiger partial charge is 0.481 e. The van der Waals surface area contributed by atoms with Crippen molar-refractivity contribution in [2.45, 2.75) is 12.8 Å². The standard InChI is InChI=1S/C20H19ClFNO3/c21-17-7-4-8-18(22)15(17)10-19(24)23-11-14(16(12-23)20(25)26)9-13-5-2-1-3-6-13/h1-8,14,16H,9-12H2,(H,25,26)/t14-,16-/m1/s1. The third-order valence-corrected chi connectivity index (χ3v) is 5.20. The summed E-state index contributed by atoms with van der Waals surface area (Å²) in [7, 11) is 0. The molecule has 3 rings (SSSR count). The average molecular weight is 376 g/mol. The van der Waals surface area contributed by atoms with E-state index in [2.05, 4.69) is 0 Å². The Morgan fingerprint density at radius 1 is 1.12 bits per heavy atom. The summed E-state index contributed by atoms with van der Waals surface area (Å²) in [5.41, 5.74) is 1.19. The van der Waals surface area contributed by atoms with Crippen molar-refractivity contribution in [2.75, 3.05) is 13.1 Å². The van der Waals surface area contributed by atoms with Gasteiger partial charge in [-0.25, -0.2) is 4.39 Å². The van der Waals surface area contributed by atoms with Crippen LogP contribution in [0.2, 0.25) is 5.02 Å². The van der Waals surface area contributed by atoms with Gasteiger partial charge in [0.25, 0.3) is 0 Å². The predicted molar refractivity (Wildman–Crippen MR) is 96.5 cm³/mol. The minimum Gasteiger partial charge on any atom is -0.481 e. The lowest BCUT2D eigenvalue weighted by Gasteiger charge is -2.17. The Balaban J connectivity index is 1.72. The Kier molecular flexibility index (Phi) is 5.57. The molecular formula is C20H19ClFNO3. The number of carboxylic acid groups (broad SMARTS) is 1. The van der Waals surface area contributed by atoms with Gasteiger partial charge in [-0.1, -0.05) is 48.0 Å². The Morgan fingerprint density at radius 3 is 2.50 bits per heavy atom. The summed E-state index contributed by atoms with van der Waals surface area (Å²) < 4.78 is 13.9. The molecule has 0 aliphatic carbocycles. The molecule has 1 aliphatic rings. The molecule has 0 aromatic heterocycles. The number of nitrogens with zero attached hydrogens (tertiary/aromatic N) is 1. The molecule has 0 bridgehead atoms. The van der Waals surface area contributed by atoms with Crippen molar-refractivity contribution < 1.29 is 19.1 Å². The van der Waals surface area contributed by atoms with Crippen molar-refractivity contribution in [3.63, 3.8) is 0 Å². The summed E-state index contributed by atoms with van der Waals surface area (Å²) in [6.07, 6.45) is 0.415. The molecule has 1 saturated heterocycles. The third kappa shape index (κ3) is 4.05. The molecule has 6 heteroatoms. The average Bonchev–Trinajstić information content (AvgIpc) is 3.03. The molecule has 4 nitrogen and oxygen atoms in total. The van der Waals surface area contributed by atoms with E-state index in [1.54, 1.807) is 0 Å². The minimum atomic E-state index is -0.912. The van der Waals surface area contributed by atoms with Crippen molar-refractivity contribution >= 4 is 23.5 Å². The van der Waals surface area contributed by atoms with Crippen LogP contribution in [-0.4, -0.2) is 35.0 Å². The normalized spacial score (nSPS) is 19.5. The van der Waals surface area contributed by atoms with E-state index in [1.807, 2.05) is 30.3 Å². The number of hydrogen-bond acceptors (Lipinski definition) is 2. The summed E-state index contributed by atoms with van der Waals surface area (Å²) >= 11 is 5.99. The van der Waals surface area contributed by atoms with E-state index in [0.29, 0.717) is 13.0 Å². The van der Waals surface area contributed by atoms with E-state index in [0.717, 1.165) is 5.56 Å². The maximum Gasteiger partial charge on any atom is 0.308 e. The van der Waals surface area contributed by atoms with Gasteiger partial charge in [0.2, 0.25) is 5.91 Å². The first kappa shape index (κ1) is 18.4. The van der Waals surface area contributed by atoms with Gasteiger partial charge in [-0.05, 0) is 30.0 Å². The van der Waals surface area contributed by atoms with Crippen LogP contribution in [0.3, 0.4) is 0 Å². The second-order valence-corrected chi connectivity index (χ2v) is 6.98. The molecule has 136 valence electrons. The number of halogens is 2. The van der Waals surface area contributed by atoms with E-state index in [1.165, 1.54) is 23.1 Å². The number of rotatable bonds is 5. The molecule has 1 fully saturated rings. The van der Waals surface area contributed by atoms with Gasteiger partial charge in [0.15, 0.2) is 0 Å². The van der Waals surface area contributed by atoms with Gasteiger partial charge in [-0.3, -0.25) is 9.59 Å². The molecular weight excluding hydrogens is 357 g/mol. The topological polar surface area (TPSA) is 57.6 Å². The molecule has 1 amide bonds. The Hall–Kier alpha value is -2.40. The highest BCUT2D eigenvalue weighted by atomic mass is 35.5. The highest BCUT2D eigenvalue weighted by Gasteiger charge is 2.39. The summed E-state index contributed by atoms with van der Waals surface area (Å²) in [5, 5.41) is 9.72. The smallest absolute Gasteiger partial charge is 0.308 e. The van der Waals surface area contributed by atoms with Crippen LogP contribution in [0, 0.1) is 17.7 Å². The number of hydrogen-bond donors (Lipinski definition) is 1. The molecule has 0 spiro atoms. The molecule has 26 heavy (non-hydrogen) atoms. The minimum absolute atomic E-state index is 0.137. The van der Waals surface area contributed by atoms with Crippen molar-refractivity contribution in [3.8, 4) is 0 Å². The van der Waals surface area contributed by atoms with Gasteiger partial charge in [0.05, 0.1) is 12.3 Å². The molecule has 2 aromatic carbocycles. The fourth-order valence-electron chi connectivity index (χ4n) is 3.44. The molecule has 1 heterocycles. The van der Waals surface area contributed by atoms with Gasteiger partial charge in [-0.15, -0.1) is 0 Å². The number of carbonyl (C=O) groups is 2. The number of benzene rings is 2. The van der Waals surface area contributed by atoms with E-state index in [4.69, 9.17) is 11.6 Å². The number of likely N-dealkylation sites (tertiary alicyclic amines) is 1. The van der Waals surface area contributed by atoms with Gasteiger partial charge in [0.1, 0.15) is 5.82 Å². The lowest BCUT2D eigenvalue weighted by Crippen LogP contribution is -2.31. The van der Waals surface area contributed by atoms with Crippen LogP contribution in [0.4, 0.5) is 4.39 Å². The lowest BCUT2D eigenvalue weighted by atomic mass is 9.90. The highest BCUT2D eigenvalue weighted by Crippen LogP contribution is 2.29. The van der Waals surface area contributed by atoms with E-state index < -0.39 is 17.7 Å². The van der Waals surface area contributed by atoms with Crippen molar-refractivity contribution in [1.29, 1.82) is 0 Å². The quantitative estimate of drug-likeness (QED) is 0.871. The van der Waals surface area contributed by atoms with E-state index >= 15 is 0 Å². The monoisotopic (exact) mass is 375 g/mol. The Morgan fingerprint density at radius 2 is 1.85 bits per heavy atom. The van der Waals surface area contributed by atoms with Crippen LogP contribution < -0.4 is 0 Å². The number of amides is 1. The van der Waals surface area contributed by atoms with Gasteiger partial charge in [0, 0.05) is 23.7 Å². The fraction of sp³-hybridized carbons (Fsp3) is 0.300. The highest BCUT2D eigenvalue weighted by molar-refractivity contribution is 6.31. The molecule has 0 unspecified atom stereocenters. The van der Waals surface area contributed by atoms with E-state index in [9.17, 15) is 19.1 Å². The van der Waals surface area contributed by atoms with Crippen LogP contribution in [0.1, 0.15) is 11.1 Å². The lowest BCUT2D eigenvalue weighted by molar-refractivity contribution is -0.142. The van der Waals surface area contributed by atoms with Gasteiger partial charge >= 0.3 is 5.97 Å². The van der Waals surface area contributed by atoms with Crippen molar-refractivity contribution in [2.24, 2.45) is 11.8 Å². The summed E-state index contributed by atoms with van der Waals surface area (Å²) in [5.74, 6) is -2.55.